The molecule has 1 aromatic heterocycles. The Balaban J connectivity index is 1.83. The van der Waals surface area contributed by atoms with E-state index in [1.807, 2.05) is 39.0 Å². The average molecular weight is 388 g/mol. The molecule has 0 radical (unpaired) electrons. The van der Waals surface area contributed by atoms with Gasteiger partial charge in [0.05, 0.1) is 12.3 Å². The minimum absolute atomic E-state index is 0.117. The zero-order chi connectivity index (χ0) is 20.8. The van der Waals surface area contributed by atoms with Gasteiger partial charge in [-0.05, 0) is 56.2 Å². The summed E-state index contributed by atoms with van der Waals surface area (Å²) < 4.78 is 5.32. The molecule has 0 fully saturated rings. The molecule has 2 aromatic carbocycles. The number of carbonyl (C=O) groups is 2. The van der Waals surface area contributed by atoms with Gasteiger partial charge in [-0.15, -0.1) is 0 Å². The second-order valence-corrected chi connectivity index (χ2v) is 6.95. The number of rotatable bonds is 6. The summed E-state index contributed by atoms with van der Waals surface area (Å²) in [6.07, 6.45) is 3.03. The minimum Gasteiger partial charge on any atom is -0.465 e. The van der Waals surface area contributed by atoms with Crippen molar-refractivity contribution < 1.29 is 14.0 Å². The van der Waals surface area contributed by atoms with Crippen LogP contribution in [0.3, 0.4) is 0 Å². The van der Waals surface area contributed by atoms with Gasteiger partial charge in [-0.25, -0.2) is 0 Å². The minimum atomic E-state index is -0.390. The normalized spacial score (nSPS) is 12.3. The molecule has 0 saturated carbocycles. The highest BCUT2D eigenvalue weighted by Gasteiger charge is 2.18. The van der Waals surface area contributed by atoms with Crippen molar-refractivity contribution in [2.24, 2.45) is 0 Å². The van der Waals surface area contributed by atoms with Crippen LogP contribution in [0.25, 0.3) is 6.08 Å². The van der Waals surface area contributed by atoms with Crippen LogP contribution in [0.2, 0.25) is 0 Å². The highest BCUT2D eigenvalue weighted by molar-refractivity contribution is 6.05. The maximum absolute atomic E-state index is 13.0. The topological polar surface area (TPSA) is 71.3 Å². The van der Waals surface area contributed by atoms with Gasteiger partial charge in [0, 0.05) is 11.6 Å². The van der Waals surface area contributed by atoms with Gasteiger partial charge < -0.3 is 15.1 Å². The molecule has 29 heavy (non-hydrogen) atoms. The van der Waals surface area contributed by atoms with Crippen molar-refractivity contribution in [1.29, 1.82) is 0 Å². The lowest BCUT2D eigenvalue weighted by molar-refractivity contribution is -0.118. The van der Waals surface area contributed by atoms with Gasteiger partial charge in [-0.2, -0.15) is 0 Å². The van der Waals surface area contributed by atoms with Crippen LogP contribution in [-0.4, -0.2) is 11.8 Å². The molecule has 1 heterocycles. The molecular weight excluding hydrogens is 364 g/mol. The van der Waals surface area contributed by atoms with E-state index in [9.17, 15) is 9.59 Å². The summed E-state index contributed by atoms with van der Waals surface area (Å²) in [6.45, 7) is 5.94. The van der Waals surface area contributed by atoms with Gasteiger partial charge in [-0.3, -0.25) is 9.59 Å². The Hall–Kier alpha value is -3.60. The van der Waals surface area contributed by atoms with Crippen LogP contribution >= 0.6 is 0 Å². The Labute approximate surface area is 170 Å². The van der Waals surface area contributed by atoms with E-state index in [4.69, 9.17) is 4.42 Å². The van der Waals surface area contributed by atoms with Crippen molar-refractivity contribution in [3.63, 3.8) is 0 Å². The smallest absolute Gasteiger partial charge is 0.268 e. The van der Waals surface area contributed by atoms with Crippen LogP contribution < -0.4 is 10.6 Å². The van der Waals surface area contributed by atoms with Gasteiger partial charge in [0.1, 0.15) is 11.5 Å². The third-order valence-electron chi connectivity index (χ3n) is 4.61. The first-order valence-electron chi connectivity index (χ1n) is 9.43. The maximum atomic E-state index is 13.0. The van der Waals surface area contributed by atoms with Crippen molar-refractivity contribution in [3.8, 4) is 0 Å². The van der Waals surface area contributed by atoms with Gasteiger partial charge in [0.2, 0.25) is 0 Å². The number of aryl methyl sites for hydroxylation is 2. The van der Waals surface area contributed by atoms with E-state index in [1.54, 1.807) is 36.4 Å². The van der Waals surface area contributed by atoms with E-state index < -0.39 is 0 Å². The van der Waals surface area contributed by atoms with E-state index in [2.05, 4.69) is 16.7 Å². The predicted octanol–water partition coefficient (Wildman–Crippen LogP) is 4.54. The summed E-state index contributed by atoms with van der Waals surface area (Å²) in [7, 11) is 0. The van der Waals surface area contributed by atoms with Crippen LogP contribution in [0.15, 0.2) is 77.0 Å². The zero-order valence-corrected chi connectivity index (χ0v) is 16.7. The summed E-state index contributed by atoms with van der Waals surface area (Å²) in [5, 5.41) is 5.67. The van der Waals surface area contributed by atoms with Crippen molar-refractivity contribution >= 4 is 17.9 Å². The van der Waals surface area contributed by atoms with E-state index in [1.165, 1.54) is 12.3 Å². The number of carbonyl (C=O) groups excluding carboxylic acids is 2. The van der Waals surface area contributed by atoms with Crippen LogP contribution in [0.4, 0.5) is 0 Å². The third kappa shape index (κ3) is 5.23. The first kappa shape index (κ1) is 20.1. The Bertz CT molecular complexity index is 1020. The van der Waals surface area contributed by atoms with E-state index in [0.29, 0.717) is 11.3 Å². The summed E-state index contributed by atoms with van der Waals surface area (Å²) in [5.74, 6) is -0.278. The standard InChI is InChI=1S/C24H24N2O3/c1-16-11-12-17(2)21(14-16)18(3)25-24(28)22(15-20-10-7-13-29-20)26-23(27)19-8-5-4-6-9-19/h4-15,18H,1-3H3,(H,25,28)(H,26,27)/b22-15-/t18-/m0/s1. The highest BCUT2D eigenvalue weighted by Crippen LogP contribution is 2.19. The summed E-state index contributed by atoms with van der Waals surface area (Å²) in [6, 6.07) is 18.1. The van der Waals surface area contributed by atoms with E-state index >= 15 is 0 Å². The van der Waals surface area contributed by atoms with Crippen molar-refractivity contribution in [1.82, 2.24) is 10.6 Å². The SMILES string of the molecule is Cc1ccc(C)c([C@H](C)NC(=O)/C(=C/c2ccco2)NC(=O)c2ccccc2)c1. The molecule has 0 aliphatic heterocycles. The molecule has 3 rings (SSSR count). The van der Waals surface area contributed by atoms with Crippen molar-refractivity contribution in [2.45, 2.75) is 26.8 Å². The number of furan rings is 1. The van der Waals surface area contributed by atoms with Gasteiger partial charge in [-0.1, -0.05) is 42.0 Å². The lowest BCUT2D eigenvalue weighted by Gasteiger charge is -2.19. The average Bonchev–Trinajstić information content (AvgIpc) is 3.23. The second kappa shape index (κ2) is 9.06. The van der Waals surface area contributed by atoms with Gasteiger partial charge in [0.15, 0.2) is 0 Å². The fraction of sp³-hybridized carbons (Fsp3) is 0.167. The Morgan fingerprint density at radius 2 is 1.76 bits per heavy atom. The molecule has 148 valence electrons. The number of hydrogen-bond donors (Lipinski definition) is 2. The molecule has 0 aliphatic carbocycles. The molecule has 0 bridgehead atoms. The first-order valence-corrected chi connectivity index (χ1v) is 9.43. The quantitative estimate of drug-likeness (QED) is 0.609. The highest BCUT2D eigenvalue weighted by atomic mass is 16.3. The molecule has 2 N–H and O–H groups in total. The van der Waals surface area contributed by atoms with Crippen LogP contribution in [0.5, 0.6) is 0 Å². The van der Waals surface area contributed by atoms with Crippen molar-refractivity contribution in [2.75, 3.05) is 0 Å². The number of amides is 2. The number of benzene rings is 2. The lowest BCUT2D eigenvalue weighted by atomic mass is 10.00. The predicted molar refractivity (Wildman–Crippen MR) is 113 cm³/mol. The Kier molecular flexibility index (Phi) is 6.29. The van der Waals surface area contributed by atoms with Crippen molar-refractivity contribution in [3.05, 3.63) is 101 Å². The second-order valence-electron chi connectivity index (χ2n) is 6.95. The molecule has 0 unspecified atom stereocenters. The van der Waals surface area contributed by atoms with Crippen LogP contribution in [0, 0.1) is 13.8 Å². The molecule has 0 saturated heterocycles. The molecule has 0 aliphatic rings. The van der Waals surface area contributed by atoms with E-state index in [-0.39, 0.29) is 23.6 Å². The largest absolute Gasteiger partial charge is 0.465 e. The van der Waals surface area contributed by atoms with Gasteiger partial charge in [0.25, 0.3) is 11.8 Å². The molecule has 2 amide bonds. The van der Waals surface area contributed by atoms with Crippen LogP contribution in [0.1, 0.15) is 45.8 Å². The Morgan fingerprint density at radius 3 is 2.45 bits per heavy atom. The zero-order valence-electron chi connectivity index (χ0n) is 16.7. The number of nitrogens with one attached hydrogen (secondary N) is 2. The molecule has 0 spiro atoms. The lowest BCUT2D eigenvalue weighted by Crippen LogP contribution is -2.36. The molecular formula is C24H24N2O3. The van der Waals surface area contributed by atoms with E-state index in [0.717, 1.165) is 16.7 Å². The third-order valence-corrected chi connectivity index (χ3v) is 4.61. The fourth-order valence-electron chi connectivity index (χ4n) is 3.04. The first-order chi connectivity index (χ1) is 13.9. The van der Waals surface area contributed by atoms with Gasteiger partial charge >= 0.3 is 0 Å². The molecule has 5 heteroatoms. The molecule has 3 aromatic rings. The summed E-state index contributed by atoms with van der Waals surface area (Å²) in [5.41, 5.74) is 3.83. The summed E-state index contributed by atoms with van der Waals surface area (Å²) in [4.78, 5) is 25.6. The molecule has 1 atom stereocenters. The van der Waals surface area contributed by atoms with Crippen LogP contribution in [-0.2, 0) is 4.79 Å². The maximum Gasteiger partial charge on any atom is 0.268 e. The monoisotopic (exact) mass is 388 g/mol. The number of hydrogen-bond acceptors (Lipinski definition) is 3. The summed E-state index contributed by atoms with van der Waals surface area (Å²) >= 11 is 0. The molecule has 5 nitrogen and oxygen atoms in total. The Morgan fingerprint density at radius 1 is 1.00 bits per heavy atom. The fourth-order valence-corrected chi connectivity index (χ4v) is 3.04.